The SMILES string of the molecule is N#CC(C(=O)c1cc(Cl)ccc1F)c1ccc(Cl)c(Cl)c1. The number of carbonyl (C=O) groups excluding carboxylic acids is 1. The van der Waals surface area contributed by atoms with Crippen LogP contribution in [0.1, 0.15) is 21.8 Å². The van der Waals surface area contributed by atoms with Gasteiger partial charge in [-0.05, 0) is 35.9 Å². The first-order valence-electron chi connectivity index (χ1n) is 5.78. The van der Waals surface area contributed by atoms with Crippen LogP contribution < -0.4 is 0 Å². The summed E-state index contributed by atoms with van der Waals surface area (Å²) in [6.45, 7) is 0. The molecular weight excluding hydrogens is 336 g/mol. The lowest BCUT2D eigenvalue weighted by Crippen LogP contribution is -2.13. The number of Topliss-reactive ketones (excluding diaryl/α,β-unsaturated/α-hetero) is 1. The van der Waals surface area contributed by atoms with Crippen molar-refractivity contribution in [3.05, 3.63) is 68.4 Å². The van der Waals surface area contributed by atoms with Crippen LogP contribution in [0.15, 0.2) is 36.4 Å². The highest BCUT2D eigenvalue weighted by atomic mass is 35.5. The standard InChI is InChI=1S/C15H7Cl3FNO/c16-9-2-4-14(19)10(6-9)15(21)11(7-20)8-1-3-12(17)13(18)5-8/h1-6,11H. The van der Waals surface area contributed by atoms with Crippen molar-refractivity contribution in [2.75, 3.05) is 0 Å². The maximum absolute atomic E-state index is 13.7. The summed E-state index contributed by atoms with van der Waals surface area (Å²) in [5.41, 5.74) is 0.108. The van der Waals surface area contributed by atoms with E-state index in [1.54, 1.807) is 0 Å². The Kier molecular flexibility index (Phi) is 4.84. The normalized spacial score (nSPS) is 11.8. The Morgan fingerprint density at radius 2 is 1.81 bits per heavy atom. The third-order valence-corrected chi connectivity index (χ3v) is 3.84. The number of nitrogens with zero attached hydrogens (tertiary/aromatic N) is 1. The van der Waals surface area contributed by atoms with E-state index in [1.165, 1.54) is 30.3 Å². The molecule has 0 aliphatic rings. The van der Waals surface area contributed by atoms with Gasteiger partial charge in [0, 0.05) is 5.02 Å². The average Bonchev–Trinajstić information content (AvgIpc) is 2.46. The van der Waals surface area contributed by atoms with Gasteiger partial charge < -0.3 is 0 Å². The summed E-state index contributed by atoms with van der Waals surface area (Å²) in [6.07, 6.45) is 0. The largest absolute Gasteiger partial charge is 0.292 e. The van der Waals surface area contributed by atoms with Crippen molar-refractivity contribution < 1.29 is 9.18 Å². The fraction of sp³-hybridized carbons (Fsp3) is 0.0667. The summed E-state index contributed by atoms with van der Waals surface area (Å²) in [5.74, 6) is -2.60. The Balaban J connectivity index is 2.46. The fourth-order valence-corrected chi connectivity index (χ4v) is 2.30. The minimum atomic E-state index is -1.19. The van der Waals surface area contributed by atoms with Gasteiger partial charge in [-0.1, -0.05) is 40.9 Å². The number of halogens is 4. The van der Waals surface area contributed by atoms with Gasteiger partial charge in [-0.15, -0.1) is 0 Å². The van der Waals surface area contributed by atoms with E-state index in [0.717, 1.165) is 6.07 Å². The Hall–Kier alpha value is -1.60. The third kappa shape index (κ3) is 3.36. The summed E-state index contributed by atoms with van der Waals surface area (Å²) >= 11 is 17.4. The Bertz CT molecular complexity index is 755. The first-order chi connectivity index (χ1) is 9.93. The summed E-state index contributed by atoms with van der Waals surface area (Å²) in [6, 6.07) is 9.85. The van der Waals surface area contributed by atoms with Crippen LogP contribution in [-0.4, -0.2) is 5.78 Å². The van der Waals surface area contributed by atoms with E-state index in [2.05, 4.69) is 0 Å². The number of nitriles is 1. The predicted octanol–water partition coefficient (Wildman–Crippen LogP) is 5.28. The molecule has 1 atom stereocenters. The molecule has 0 fully saturated rings. The molecule has 0 amide bonds. The smallest absolute Gasteiger partial charge is 0.187 e. The maximum atomic E-state index is 13.7. The Morgan fingerprint density at radius 3 is 2.43 bits per heavy atom. The molecule has 0 aromatic heterocycles. The van der Waals surface area contributed by atoms with Gasteiger partial charge in [0.1, 0.15) is 11.7 Å². The predicted molar refractivity (Wildman–Crippen MR) is 80.6 cm³/mol. The van der Waals surface area contributed by atoms with E-state index < -0.39 is 17.5 Å². The lowest BCUT2D eigenvalue weighted by atomic mass is 9.91. The van der Waals surface area contributed by atoms with Crippen molar-refractivity contribution in [2.24, 2.45) is 0 Å². The molecule has 106 valence electrons. The minimum absolute atomic E-state index is 0.213. The molecule has 2 aromatic carbocycles. The van der Waals surface area contributed by atoms with Crippen molar-refractivity contribution in [2.45, 2.75) is 5.92 Å². The van der Waals surface area contributed by atoms with E-state index in [1.807, 2.05) is 6.07 Å². The van der Waals surface area contributed by atoms with Crippen LogP contribution in [0.5, 0.6) is 0 Å². The van der Waals surface area contributed by atoms with E-state index in [9.17, 15) is 14.4 Å². The second kappa shape index (κ2) is 6.44. The molecule has 0 N–H and O–H groups in total. The summed E-state index contributed by atoms with van der Waals surface area (Å²) in [4.78, 5) is 12.3. The van der Waals surface area contributed by atoms with E-state index in [0.29, 0.717) is 10.6 Å². The average molecular weight is 343 g/mol. The quantitative estimate of drug-likeness (QED) is 0.712. The Labute approximate surface area is 135 Å². The summed E-state index contributed by atoms with van der Waals surface area (Å²) < 4.78 is 13.7. The number of rotatable bonds is 3. The molecule has 21 heavy (non-hydrogen) atoms. The molecule has 2 rings (SSSR count). The van der Waals surface area contributed by atoms with Gasteiger partial charge in [-0.3, -0.25) is 4.79 Å². The number of carbonyl (C=O) groups is 1. The van der Waals surface area contributed by atoms with Crippen molar-refractivity contribution in [1.29, 1.82) is 5.26 Å². The van der Waals surface area contributed by atoms with Crippen LogP contribution in [0.3, 0.4) is 0 Å². The van der Waals surface area contributed by atoms with Crippen molar-refractivity contribution in [3.8, 4) is 6.07 Å². The van der Waals surface area contributed by atoms with Crippen molar-refractivity contribution in [1.82, 2.24) is 0 Å². The van der Waals surface area contributed by atoms with Crippen molar-refractivity contribution in [3.63, 3.8) is 0 Å². The molecule has 0 aliphatic carbocycles. The molecule has 6 heteroatoms. The first-order valence-corrected chi connectivity index (χ1v) is 6.91. The van der Waals surface area contributed by atoms with Gasteiger partial charge in [0.15, 0.2) is 5.78 Å². The molecule has 0 radical (unpaired) electrons. The number of hydrogen-bond donors (Lipinski definition) is 0. The molecular formula is C15H7Cl3FNO. The van der Waals surface area contributed by atoms with Gasteiger partial charge in [0.2, 0.25) is 0 Å². The topological polar surface area (TPSA) is 40.9 Å². The molecule has 2 nitrogen and oxygen atoms in total. The first kappa shape index (κ1) is 15.8. The van der Waals surface area contributed by atoms with Gasteiger partial charge >= 0.3 is 0 Å². The summed E-state index contributed by atoms with van der Waals surface area (Å²) in [7, 11) is 0. The van der Waals surface area contributed by atoms with E-state index >= 15 is 0 Å². The number of ketones is 1. The van der Waals surface area contributed by atoms with Gasteiger partial charge in [0.25, 0.3) is 0 Å². The van der Waals surface area contributed by atoms with Gasteiger partial charge in [-0.2, -0.15) is 5.26 Å². The molecule has 0 spiro atoms. The molecule has 0 bridgehead atoms. The second-order valence-corrected chi connectivity index (χ2v) is 5.47. The van der Waals surface area contributed by atoms with Crippen LogP contribution in [0.2, 0.25) is 15.1 Å². The molecule has 2 aromatic rings. The molecule has 0 saturated heterocycles. The van der Waals surface area contributed by atoms with Crippen molar-refractivity contribution >= 4 is 40.6 Å². The molecule has 0 heterocycles. The monoisotopic (exact) mass is 341 g/mol. The fourth-order valence-electron chi connectivity index (χ4n) is 1.82. The Morgan fingerprint density at radius 1 is 1.10 bits per heavy atom. The second-order valence-electron chi connectivity index (χ2n) is 4.22. The van der Waals surface area contributed by atoms with Crippen LogP contribution in [0.25, 0.3) is 0 Å². The zero-order chi connectivity index (χ0) is 15.6. The lowest BCUT2D eigenvalue weighted by Gasteiger charge is -2.10. The molecule has 1 unspecified atom stereocenters. The summed E-state index contributed by atoms with van der Waals surface area (Å²) in [5, 5.41) is 9.96. The number of hydrogen-bond acceptors (Lipinski definition) is 2. The van der Waals surface area contributed by atoms with Gasteiger partial charge in [-0.25, -0.2) is 4.39 Å². The highest BCUT2D eigenvalue weighted by Gasteiger charge is 2.25. The zero-order valence-corrected chi connectivity index (χ0v) is 12.7. The highest BCUT2D eigenvalue weighted by Crippen LogP contribution is 2.29. The maximum Gasteiger partial charge on any atom is 0.187 e. The van der Waals surface area contributed by atoms with E-state index in [4.69, 9.17) is 34.8 Å². The lowest BCUT2D eigenvalue weighted by molar-refractivity contribution is 0.0975. The van der Waals surface area contributed by atoms with Crippen LogP contribution in [0.4, 0.5) is 4.39 Å². The van der Waals surface area contributed by atoms with Crippen LogP contribution in [-0.2, 0) is 0 Å². The zero-order valence-electron chi connectivity index (χ0n) is 10.4. The number of benzene rings is 2. The minimum Gasteiger partial charge on any atom is -0.292 e. The molecule has 0 saturated carbocycles. The molecule has 0 aliphatic heterocycles. The highest BCUT2D eigenvalue weighted by molar-refractivity contribution is 6.42. The van der Waals surface area contributed by atoms with Crippen LogP contribution >= 0.6 is 34.8 Å². The van der Waals surface area contributed by atoms with Gasteiger partial charge in [0.05, 0.1) is 21.7 Å². The van der Waals surface area contributed by atoms with Crippen LogP contribution in [0, 0.1) is 17.1 Å². The third-order valence-electron chi connectivity index (χ3n) is 2.86. The van der Waals surface area contributed by atoms with E-state index in [-0.39, 0.29) is 15.6 Å².